The fraction of sp³-hybridized carbons (Fsp3) is 0.917. The summed E-state index contributed by atoms with van der Waals surface area (Å²) in [5.74, 6) is 0.516. The van der Waals surface area contributed by atoms with E-state index in [0.29, 0.717) is 19.4 Å². The molecule has 1 heterocycles. The van der Waals surface area contributed by atoms with Crippen molar-refractivity contribution < 1.29 is 13.2 Å². The molecule has 1 saturated heterocycles. The third-order valence-corrected chi connectivity index (χ3v) is 5.33. The molecule has 0 aromatic rings. The number of hydrogen-bond acceptors (Lipinski definition) is 4. The van der Waals surface area contributed by atoms with Crippen LogP contribution in [0.3, 0.4) is 0 Å². The van der Waals surface area contributed by atoms with Gasteiger partial charge in [0.05, 0.1) is 11.5 Å². The normalized spacial score (nSPS) is 24.2. The quantitative estimate of drug-likeness (QED) is 0.788. The van der Waals surface area contributed by atoms with Gasteiger partial charge >= 0.3 is 0 Å². The van der Waals surface area contributed by atoms with E-state index in [1.165, 1.54) is 0 Å². The topological polar surface area (TPSA) is 80.5 Å². The average molecular weight is 276 g/mol. The Kier molecular flexibility index (Phi) is 5.16. The van der Waals surface area contributed by atoms with Crippen molar-refractivity contribution >= 4 is 15.7 Å². The lowest BCUT2D eigenvalue weighted by atomic mass is 10.0. The van der Waals surface area contributed by atoms with E-state index in [1.54, 1.807) is 4.90 Å². The van der Waals surface area contributed by atoms with E-state index in [1.807, 2.05) is 20.8 Å². The van der Waals surface area contributed by atoms with Crippen LogP contribution in [0.2, 0.25) is 0 Å². The number of nitrogens with two attached hydrogens (primary N) is 1. The van der Waals surface area contributed by atoms with Crippen molar-refractivity contribution in [2.24, 2.45) is 11.7 Å². The molecule has 2 unspecified atom stereocenters. The number of nitrogens with zero attached hydrogens (tertiary/aromatic N) is 1. The van der Waals surface area contributed by atoms with Crippen LogP contribution in [0, 0.1) is 5.92 Å². The molecule has 0 aliphatic carbocycles. The van der Waals surface area contributed by atoms with Crippen LogP contribution in [0.4, 0.5) is 0 Å². The lowest BCUT2D eigenvalue weighted by molar-refractivity contribution is -0.133. The third-order valence-electron chi connectivity index (χ3n) is 3.58. The monoisotopic (exact) mass is 276 g/mol. The molecular formula is C12H24N2O3S. The van der Waals surface area contributed by atoms with Crippen LogP contribution in [-0.4, -0.2) is 49.4 Å². The Balaban J connectivity index is 2.64. The zero-order chi connectivity index (χ0) is 13.9. The lowest BCUT2D eigenvalue weighted by Gasteiger charge is -2.28. The van der Waals surface area contributed by atoms with Crippen molar-refractivity contribution in [1.82, 2.24) is 4.90 Å². The molecule has 2 N–H and O–H groups in total. The van der Waals surface area contributed by atoms with Gasteiger partial charge in [-0.1, -0.05) is 13.8 Å². The largest absolute Gasteiger partial charge is 0.339 e. The maximum Gasteiger partial charge on any atom is 0.224 e. The highest BCUT2D eigenvalue weighted by molar-refractivity contribution is 7.91. The molecule has 1 rings (SSSR count). The van der Waals surface area contributed by atoms with Gasteiger partial charge in [0.15, 0.2) is 9.84 Å². The molecule has 0 spiro atoms. The van der Waals surface area contributed by atoms with Crippen LogP contribution < -0.4 is 5.73 Å². The van der Waals surface area contributed by atoms with Gasteiger partial charge in [-0.25, -0.2) is 8.42 Å². The molecule has 0 aromatic carbocycles. The first-order valence-corrected chi connectivity index (χ1v) is 8.34. The number of carbonyl (C=O) groups excluding carboxylic acids is 1. The summed E-state index contributed by atoms with van der Waals surface area (Å²) in [6.07, 6.45) is 0.848. The Morgan fingerprint density at radius 2 is 2.06 bits per heavy atom. The number of sulfone groups is 1. The van der Waals surface area contributed by atoms with Crippen molar-refractivity contribution in [1.29, 1.82) is 0 Å². The average Bonchev–Trinajstić information content (AvgIpc) is 2.59. The van der Waals surface area contributed by atoms with Gasteiger partial charge in [0, 0.05) is 25.0 Å². The molecule has 1 aliphatic heterocycles. The SMILES string of the molecule is CCN(C(=O)CC(N)C(C)C)C1CCS(=O)(=O)C1. The molecule has 106 valence electrons. The molecule has 0 radical (unpaired) electrons. The highest BCUT2D eigenvalue weighted by Crippen LogP contribution is 2.19. The maximum atomic E-state index is 12.1. The molecule has 5 nitrogen and oxygen atoms in total. The van der Waals surface area contributed by atoms with Crippen molar-refractivity contribution in [2.75, 3.05) is 18.1 Å². The minimum Gasteiger partial charge on any atom is -0.339 e. The second kappa shape index (κ2) is 6.02. The summed E-state index contributed by atoms with van der Waals surface area (Å²) in [5, 5.41) is 0. The van der Waals surface area contributed by atoms with Crippen molar-refractivity contribution in [2.45, 2.75) is 45.7 Å². The van der Waals surface area contributed by atoms with E-state index in [-0.39, 0.29) is 35.4 Å². The van der Waals surface area contributed by atoms with Gasteiger partial charge < -0.3 is 10.6 Å². The van der Waals surface area contributed by atoms with Gasteiger partial charge in [-0.05, 0) is 19.3 Å². The highest BCUT2D eigenvalue weighted by atomic mass is 32.2. The van der Waals surface area contributed by atoms with Crippen molar-refractivity contribution in [3.8, 4) is 0 Å². The fourth-order valence-electron chi connectivity index (χ4n) is 2.21. The second-order valence-corrected chi connectivity index (χ2v) is 7.58. The van der Waals surface area contributed by atoms with Gasteiger partial charge in [0.2, 0.25) is 5.91 Å². The molecule has 6 heteroatoms. The molecule has 0 saturated carbocycles. The van der Waals surface area contributed by atoms with E-state index in [2.05, 4.69) is 0 Å². The Labute approximate surface area is 110 Å². The van der Waals surface area contributed by atoms with Crippen LogP contribution >= 0.6 is 0 Å². The van der Waals surface area contributed by atoms with Crippen LogP contribution in [0.5, 0.6) is 0 Å². The van der Waals surface area contributed by atoms with Gasteiger partial charge in [0.25, 0.3) is 0 Å². The molecule has 2 atom stereocenters. The van der Waals surface area contributed by atoms with Crippen molar-refractivity contribution in [3.05, 3.63) is 0 Å². The minimum absolute atomic E-state index is 0.0270. The first-order valence-electron chi connectivity index (χ1n) is 6.52. The van der Waals surface area contributed by atoms with Gasteiger partial charge in [-0.2, -0.15) is 0 Å². The van der Waals surface area contributed by atoms with E-state index in [4.69, 9.17) is 5.73 Å². The predicted octanol–water partition coefficient (Wildman–Crippen LogP) is 0.395. The number of hydrogen-bond donors (Lipinski definition) is 1. The van der Waals surface area contributed by atoms with Crippen molar-refractivity contribution in [3.63, 3.8) is 0 Å². The standard InChI is InChI=1S/C12H24N2O3S/c1-4-14(10-5-6-18(16,17)8-10)12(15)7-11(13)9(2)3/h9-11H,4-8,13H2,1-3H3. The Morgan fingerprint density at radius 3 is 2.44 bits per heavy atom. The zero-order valence-electron chi connectivity index (χ0n) is 11.4. The number of carbonyl (C=O) groups is 1. The first kappa shape index (κ1) is 15.4. The summed E-state index contributed by atoms with van der Waals surface area (Å²) in [5.41, 5.74) is 5.90. The molecule has 0 bridgehead atoms. The molecular weight excluding hydrogens is 252 g/mol. The molecule has 1 fully saturated rings. The molecule has 18 heavy (non-hydrogen) atoms. The first-order chi connectivity index (χ1) is 8.26. The highest BCUT2D eigenvalue weighted by Gasteiger charge is 2.34. The van der Waals surface area contributed by atoms with Gasteiger partial charge in [-0.3, -0.25) is 4.79 Å². The minimum atomic E-state index is -2.95. The zero-order valence-corrected chi connectivity index (χ0v) is 12.2. The van der Waals surface area contributed by atoms with Crippen LogP contribution in [0.15, 0.2) is 0 Å². The summed E-state index contributed by atoms with van der Waals surface area (Å²) < 4.78 is 22.9. The van der Waals surface area contributed by atoms with E-state index < -0.39 is 9.84 Å². The number of rotatable bonds is 5. The van der Waals surface area contributed by atoms with Crippen LogP contribution in [0.1, 0.15) is 33.6 Å². The number of amides is 1. The summed E-state index contributed by atoms with van der Waals surface area (Å²) in [6.45, 7) is 6.39. The van der Waals surface area contributed by atoms with Gasteiger partial charge in [-0.15, -0.1) is 0 Å². The smallest absolute Gasteiger partial charge is 0.224 e. The summed E-state index contributed by atoms with van der Waals surface area (Å²) >= 11 is 0. The molecule has 1 amide bonds. The Morgan fingerprint density at radius 1 is 1.44 bits per heavy atom. The van der Waals surface area contributed by atoms with E-state index in [9.17, 15) is 13.2 Å². The lowest BCUT2D eigenvalue weighted by Crippen LogP contribution is -2.44. The Hall–Kier alpha value is -0.620. The van der Waals surface area contributed by atoms with Crippen LogP contribution in [-0.2, 0) is 14.6 Å². The van der Waals surface area contributed by atoms with Crippen LogP contribution in [0.25, 0.3) is 0 Å². The van der Waals surface area contributed by atoms with E-state index in [0.717, 1.165) is 0 Å². The predicted molar refractivity (Wildman–Crippen MR) is 71.9 cm³/mol. The fourth-order valence-corrected chi connectivity index (χ4v) is 3.94. The summed E-state index contributed by atoms with van der Waals surface area (Å²) in [7, 11) is -2.95. The maximum absolute atomic E-state index is 12.1. The third kappa shape index (κ3) is 3.95. The Bertz CT molecular complexity index is 392. The van der Waals surface area contributed by atoms with E-state index >= 15 is 0 Å². The summed E-state index contributed by atoms with van der Waals surface area (Å²) in [6, 6.07) is -0.323. The second-order valence-electron chi connectivity index (χ2n) is 5.35. The van der Waals surface area contributed by atoms with Gasteiger partial charge in [0.1, 0.15) is 0 Å². The molecule has 1 aliphatic rings. The summed E-state index contributed by atoms with van der Waals surface area (Å²) in [4.78, 5) is 13.8. The molecule has 0 aromatic heterocycles.